The van der Waals surface area contributed by atoms with Gasteiger partial charge in [0, 0.05) is 11.8 Å². The molecule has 5 rings (SSSR count). The molecule has 12 heteroatoms. The Morgan fingerprint density at radius 2 is 1.29 bits per heavy atom. The van der Waals surface area contributed by atoms with Crippen molar-refractivity contribution in [2.45, 2.75) is 43.1 Å². The quantitative estimate of drug-likeness (QED) is 0.437. The fraction of sp³-hybridized carbons (Fsp3) is 0.304. The molecule has 2 heterocycles. The van der Waals surface area contributed by atoms with E-state index in [1.807, 2.05) is 0 Å². The zero-order valence-corrected chi connectivity index (χ0v) is 17.8. The fourth-order valence-corrected chi connectivity index (χ4v) is 4.88. The normalized spacial score (nSPS) is 21.1. The average Bonchev–Trinajstić information content (AvgIpc) is 3.30. The number of benzene rings is 1. The molecule has 2 aromatic heterocycles. The van der Waals surface area contributed by atoms with E-state index in [0.717, 1.165) is 29.6 Å². The molecule has 2 aliphatic rings. The van der Waals surface area contributed by atoms with E-state index in [4.69, 9.17) is 20.9 Å². The number of pyridine rings is 2. The molecule has 6 nitrogen and oxygen atoms in total. The third kappa shape index (κ3) is 4.17. The molecule has 0 spiro atoms. The first kappa shape index (κ1) is 23.1. The van der Waals surface area contributed by atoms with Gasteiger partial charge in [0.05, 0.1) is 12.4 Å². The summed E-state index contributed by atoms with van der Waals surface area (Å²) in [5.41, 5.74) is 10.4. The first-order valence-corrected chi connectivity index (χ1v) is 10.6. The summed E-state index contributed by atoms with van der Waals surface area (Å²) in [6.07, 6.45) is -6.76. The Morgan fingerprint density at radius 1 is 0.743 bits per heavy atom. The van der Waals surface area contributed by atoms with E-state index >= 15 is 0 Å². The fourth-order valence-electron chi connectivity index (χ4n) is 4.88. The molecule has 1 aromatic carbocycles. The van der Waals surface area contributed by atoms with Gasteiger partial charge in [0.2, 0.25) is 0 Å². The van der Waals surface area contributed by atoms with Crippen LogP contribution in [0.3, 0.4) is 0 Å². The lowest BCUT2D eigenvalue weighted by Gasteiger charge is -2.21. The van der Waals surface area contributed by atoms with Crippen LogP contribution in [0.2, 0.25) is 0 Å². The second-order valence-electron chi connectivity index (χ2n) is 8.47. The molecule has 3 atom stereocenters. The minimum absolute atomic E-state index is 0.136. The van der Waals surface area contributed by atoms with Crippen LogP contribution in [0.25, 0.3) is 0 Å². The lowest BCUT2D eigenvalue weighted by Crippen LogP contribution is -2.22. The van der Waals surface area contributed by atoms with E-state index in [0.29, 0.717) is 18.9 Å². The smallest absolute Gasteiger partial charge is 0.420 e. The standard InChI is InChI=1S/C23H18F6N4O2/c24-22(25,26)15-6-19(30)32-8-17(15)34-10-1-2-11-12-3-4-13(14(11)5-10)21(12)35-18-9-33-20(31)7-16(18)23(27,28)29/h1-2,5-9,12-13,21H,3-4H2,(H2,30,32)(H2,31,33). The Morgan fingerprint density at radius 3 is 1.89 bits per heavy atom. The van der Waals surface area contributed by atoms with Crippen molar-refractivity contribution < 1.29 is 35.8 Å². The number of nitrogens with zero attached hydrogens (tertiary/aromatic N) is 2. The highest BCUT2D eigenvalue weighted by Gasteiger charge is 2.48. The third-order valence-corrected chi connectivity index (χ3v) is 6.32. The summed E-state index contributed by atoms with van der Waals surface area (Å²) in [6, 6.07) is 6.23. The van der Waals surface area contributed by atoms with Crippen LogP contribution in [0, 0.1) is 0 Å². The summed E-state index contributed by atoms with van der Waals surface area (Å²) in [5, 5.41) is 0. The number of fused-ring (bicyclic) bond motifs is 5. The molecular weight excluding hydrogens is 478 g/mol. The summed E-state index contributed by atoms with van der Waals surface area (Å²) in [7, 11) is 0. The number of nitrogens with two attached hydrogens (primary N) is 2. The van der Waals surface area contributed by atoms with Gasteiger partial charge in [-0.1, -0.05) is 6.07 Å². The molecule has 184 valence electrons. The maximum absolute atomic E-state index is 13.5. The van der Waals surface area contributed by atoms with Crippen LogP contribution in [0.15, 0.2) is 42.7 Å². The molecular formula is C23H18F6N4O2. The molecule has 1 saturated carbocycles. The molecule has 4 N–H and O–H groups in total. The second kappa shape index (κ2) is 7.92. The van der Waals surface area contributed by atoms with Gasteiger partial charge in [-0.25, -0.2) is 9.97 Å². The molecule has 0 radical (unpaired) electrons. The Hall–Kier alpha value is -3.70. The number of hydrogen-bond donors (Lipinski definition) is 2. The van der Waals surface area contributed by atoms with Crippen molar-refractivity contribution in [3.05, 3.63) is 65.0 Å². The van der Waals surface area contributed by atoms with Crippen LogP contribution in [0.1, 0.15) is 46.9 Å². The van der Waals surface area contributed by atoms with Crippen LogP contribution < -0.4 is 20.9 Å². The maximum atomic E-state index is 13.5. The van der Waals surface area contributed by atoms with Gasteiger partial charge >= 0.3 is 12.4 Å². The molecule has 0 aliphatic heterocycles. The Bertz CT molecular complexity index is 1290. The zero-order chi connectivity index (χ0) is 25.1. The number of alkyl halides is 6. The van der Waals surface area contributed by atoms with Gasteiger partial charge in [0.1, 0.15) is 40.4 Å². The molecule has 2 aliphatic carbocycles. The number of anilines is 2. The van der Waals surface area contributed by atoms with E-state index in [1.54, 1.807) is 12.1 Å². The highest BCUT2D eigenvalue weighted by molar-refractivity contribution is 5.51. The van der Waals surface area contributed by atoms with Gasteiger partial charge in [-0.05, 0) is 48.2 Å². The van der Waals surface area contributed by atoms with Gasteiger partial charge < -0.3 is 20.9 Å². The number of aromatic nitrogens is 2. The first-order chi connectivity index (χ1) is 16.4. The number of halogens is 6. The molecule has 3 unspecified atom stereocenters. The van der Waals surface area contributed by atoms with Crippen molar-refractivity contribution in [2.24, 2.45) is 0 Å². The van der Waals surface area contributed by atoms with Crippen LogP contribution in [-0.2, 0) is 12.4 Å². The summed E-state index contributed by atoms with van der Waals surface area (Å²) < 4.78 is 92.1. The average molecular weight is 496 g/mol. The van der Waals surface area contributed by atoms with Crippen LogP contribution >= 0.6 is 0 Å². The minimum Gasteiger partial charge on any atom is -0.487 e. The third-order valence-electron chi connectivity index (χ3n) is 6.32. The SMILES string of the molecule is Nc1cc(C(F)(F)F)c(Oc2ccc3c(c2)C2CCC3C2Oc2cnc(N)cc2C(F)(F)F)cn1. The highest BCUT2D eigenvalue weighted by atomic mass is 19.4. The molecule has 2 bridgehead atoms. The summed E-state index contributed by atoms with van der Waals surface area (Å²) >= 11 is 0. The molecule has 0 amide bonds. The summed E-state index contributed by atoms with van der Waals surface area (Å²) in [5.74, 6) is -1.80. The van der Waals surface area contributed by atoms with Crippen LogP contribution in [-0.4, -0.2) is 16.1 Å². The largest absolute Gasteiger partial charge is 0.487 e. The zero-order valence-electron chi connectivity index (χ0n) is 17.8. The van der Waals surface area contributed by atoms with Gasteiger partial charge in [0.15, 0.2) is 5.75 Å². The van der Waals surface area contributed by atoms with Gasteiger partial charge in [-0.3, -0.25) is 0 Å². The maximum Gasteiger partial charge on any atom is 0.420 e. The predicted molar refractivity (Wildman–Crippen MR) is 113 cm³/mol. The van der Waals surface area contributed by atoms with Crippen LogP contribution in [0.5, 0.6) is 17.2 Å². The Labute approximate surface area is 194 Å². The minimum atomic E-state index is -4.70. The number of nitrogen functional groups attached to an aromatic ring is 2. The number of hydrogen-bond acceptors (Lipinski definition) is 6. The molecule has 0 saturated heterocycles. The van der Waals surface area contributed by atoms with E-state index in [9.17, 15) is 26.3 Å². The van der Waals surface area contributed by atoms with Crippen molar-refractivity contribution in [1.82, 2.24) is 9.97 Å². The van der Waals surface area contributed by atoms with E-state index in [1.165, 1.54) is 6.07 Å². The van der Waals surface area contributed by atoms with E-state index in [-0.39, 0.29) is 29.2 Å². The van der Waals surface area contributed by atoms with Crippen LogP contribution in [0.4, 0.5) is 38.0 Å². The van der Waals surface area contributed by atoms with Crippen molar-refractivity contribution in [3.63, 3.8) is 0 Å². The lowest BCUT2D eigenvalue weighted by atomic mass is 9.92. The second-order valence-corrected chi connectivity index (χ2v) is 8.47. The molecule has 35 heavy (non-hydrogen) atoms. The predicted octanol–water partition coefficient (Wildman–Crippen LogP) is 5.89. The van der Waals surface area contributed by atoms with Gasteiger partial charge in [-0.2, -0.15) is 26.3 Å². The number of rotatable bonds is 4. The van der Waals surface area contributed by atoms with Gasteiger partial charge in [-0.15, -0.1) is 0 Å². The van der Waals surface area contributed by atoms with Crippen molar-refractivity contribution >= 4 is 11.6 Å². The van der Waals surface area contributed by atoms with Gasteiger partial charge in [0.25, 0.3) is 0 Å². The van der Waals surface area contributed by atoms with Crippen molar-refractivity contribution in [3.8, 4) is 17.2 Å². The summed E-state index contributed by atoms with van der Waals surface area (Å²) in [4.78, 5) is 7.42. The van der Waals surface area contributed by atoms with Crippen molar-refractivity contribution in [1.29, 1.82) is 0 Å². The summed E-state index contributed by atoms with van der Waals surface area (Å²) in [6.45, 7) is 0. The van der Waals surface area contributed by atoms with E-state index in [2.05, 4.69) is 9.97 Å². The lowest BCUT2D eigenvalue weighted by molar-refractivity contribution is -0.139. The van der Waals surface area contributed by atoms with Crippen molar-refractivity contribution in [2.75, 3.05) is 11.5 Å². The topological polar surface area (TPSA) is 96.3 Å². The number of ether oxygens (including phenoxy) is 2. The Balaban J connectivity index is 1.43. The Kier molecular flexibility index (Phi) is 5.22. The molecule has 3 aromatic rings. The van der Waals surface area contributed by atoms with E-state index < -0.39 is 41.1 Å². The first-order valence-electron chi connectivity index (χ1n) is 10.6. The highest BCUT2D eigenvalue weighted by Crippen LogP contribution is 2.56. The molecule has 1 fully saturated rings. The monoisotopic (exact) mass is 496 g/mol.